The Kier molecular flexibility index (Phi) is 4.83. The minimum atomic E-state index is -0.0735. The van der Waals surface area contributed by atoms with Crippen LogP contribution in [-0.2, 0) is 0 Å². The van der Waals surface area contributed by atoms with E-state index >= 15 is 0 Å². The highest BCUT2D eigenvalue weighted by Crippen LogP contribution is 2.25. The maximum atomic E-state index is 11.9. The highest BCUT2D eigenvalue weighted by molar-refractivity contribution is 6.35. The maximum absolute atomic E-state index is 11.9. The Morgan fingerprint density at radius 1 is 1.10 bits per heavy atom. The Hall–Kier alpha value is -1.77. The summed E-state index contributed by atoms with van der Waals surface area (Å²) in [5.41, 5.74) is 2.42. The first kappa shape index (κ1) is 14.6. The van der Waals surface area contributed by atoms with Gasteiger partial charge in [0.05, 0.1) is 10.7 Å². The highest BCUT2D eigenvalue weighted by atomic mass is 35.5. The van der Waals surface area contributed by atoms with Gasteiger partial charge in [-0.25, -0.2) is 0 Å². The van der Waals surface area contributed by atoms with Crippen LogP contribution >= 0.6 is 23.2 Å². The largest absolute Gasteiger partial charge is 0.360 e. The third-order valence-corrected chi connectivity index (χ3v) is 3.30. The fraction of sp³-hybridized carbons (Fsp3) is 0.0625. The lowest BCUT2D eigenvalue weighted by molar-refractivity contribution is 0.104. The van der Waals surface area contributed by atoms with Gasteiger partial charge in [0.25, 0.3) is 0 Å². The fourth-order valence-corrected chi connectivity index (χ4v) is 1.97. The van der Waals surface area contributed by atoms with Gasteiger partial charge in [-0.1, -0.05) is 53.0 Å². The molecular formula is C16H13Cl2NO. The Morgan fingerprint density at radius 3 is 2.50 bits per heavy atom. The van der Waals surface area contributed by atoms with E-state index in [4.69, 9.17) is 23.2 Å². The highest BCUT2D eigenvalue weighted by Gasteiger charge is 2.01. The molecular weight excluding hydrogens is 293 g/mol. The molecule has 0 heterocycles. The third-order valence-electron chi connectivity index (χ3n) is 2.74. The van der Waals surface area contributed by atoms with Crippen LogP contribution in [0.5, 0.6) is 0 Å². The number of aryl methyl sites for hydroxylation is 1. The van der Waals surface area contributed by atoms with Crippen molar-refractivity contribution < 1.29 is 4.79 Å². The lowest BCUT2D eigenvalue weighted by atomic mass is 10.1. The standard InChI is InChI=1S/C16H13Cl2NO/c1-11-2-4-12(5-3-11)16(20)8-9-19-15-10-13(17)6-7-14(15)18/h2-10,19H,1H3/b9-8+. The first-order chi connectivity index (χ1) is 9.56. The van der Waals surface area contributed by atoms with Crippen molar-refractivity contribution in [2.24, 2.45) is 0 Å². The summed E-state index contributed by atoms with van der Waals surface area (Å²) in [5, 5.41) is 4.07. The molecule has 2 aromatic carbocycles. The van der Waals surface area contributed by atoms with E-state index in [-0.39, 0.29) is 5.78 Å². The zero-order valence-electron chi connectivity index (χ0n) is 10.9. The number of nitrogens with one attached hydrogen (secondary N) is 1. The molecule has 1 N–H and O–H groups in total. The molecule has 0 saturated carbocycles. The zero-order valence-corrected chi connectivity index (χ0v) is 12.4. The van der Waals surface area contributed by atoms with Crippen molar-refractivity contribution in [2.45, 2.75) is 6.92 Å². The topological polar surface area (TPSA) is 29.1 Å². The quantitative estimate of drug-likeness (QED) is 0.628. The molecule has 0 aliphatic carbocycles. The number of benzene rings is 2. The minimum absolute atomic E-state index is 0.0735. The summed E-state index contributed by atoms with van der Waals surface area (Å²) in [5.74, 6) is -0.0735. The molecule has 0 atom stereocenters. The molecule has 4 heteroatoms. The van der Waals surface area contributed by atoms with E-state index in [9.17, 15) is 4.79 Å². The summed E-state index contributed by atoms with van der Waals surface area (Å²) in [7, 11) is 0. The molecule has 2 rings (SSSR count). The van der Waals surface area contributed by atoms with E-state index in [1.54, 1.807) is 36.5 Å². The molecule has 2 aromatic rings. The van der Waals surface area contributed by atoms with Crippen LogP contribution in [0.3, 0.4) is 0 Å². The van der Waals surface area contributed by atoms with Crippen molar-refractivity contribution in [3.05, 3.63) is 75.9 Å². The van der Waals surface area contributed by atoms with Crippen molar-refractivity contribution in [3.8, 4) is 0 Å². The van der Waals surface area contributed by atoms with E-state index in [2.05, 4.69) is 5.32 Å². The number of rotatable bonds is 4. The van der Waals surface area contributed by atoms with Crippen LogP contribution in [0.2, 0.25) is 10.0 Å². The summed E-state index contributed by atoms with van der Waals surface area (Å²) >= 11 is 11.9. The van der Waals surface area contributed by atoms with Crippen LogP contribution in [-0.4, -0.2) is 5.78 Å². The molecule has 0 bridgehead atoms. The Balaban J connectivity index is 2.04. The van der Waals surface area contributed by atoms with E-state index in [0.717, 1.165) is 5.56 Å². The number of hydrogen-bond acceptors (Lipinski definition) is 2. The second-order valence-corrected chi connectivity index (χ2v) is 5.18. The minimum Gasteiger partial charge on any atom is -0.360 e. The summed E-state index contributed by atoms with van der Waals surface area (Å²) in [6.45, 7) is 1.98. The van der Waals surface area contributed by atoms with Gasteiger partial charge in [0.1, 0.15) is 0 Å². The fourth-order valence-electron chi connectivity index (χ4n) is 1.63. The number of halogens is 2. The zero-order chi connectivity index (χ0) is 14.5. The number of carbonyl (C=O) groups excluding carboxylic acids is 1. The van der Waals surface area contributed by atoms with Crippen LogP contribution in [0, 0.1) is 6.92 Å². The molecule has 0 fully saturated rings. The molecule has 0 radical (unpaired) electrons. The molecule has 0 spiro atoms. The second-order valence-electron chi connectivity index (χ2n) is 4.33. The van der Waals surface area contributed by atoms with Crippen molar-refractivity contribution in [1.29, 1.82) is 0 Å². The molecule has 102 valence electrons. The van der Waals surface area contributed by atoms with Crippen LogP contribution in [0.4, 0.5) is 5.69 Å². The van der Waals surface area contributed by atoms with Crippen LogP contribution in [0.1, 0.15) is 15.9 Å². The second kappa shape index (κ2) is 6.60. The van der Waals surface area contributed by atoms with Gasteiger partial charge < -0.3 is 5.32 Å². The summed E-state index contributed by atoms with van der Waals surface area (Å²) in [6, 6.07) is 12.5. The monoisotopic (exact) mass is 305 g/mol. The van der Waals surface area contributed by atoms with Crippen molar-refractivity contribution >= 4 is 34.7 Å². The maximum Gasteiger partial charge on any atom is 0.187 e. The number of allylic oxidation sites excluding steroid dienone is 1. The van der Waals surface area contributed by atoms with Crippen LogP contribution < -0.4 is 5.32 Å². The molecule has 0 aliphatic rings. The Morgan fingerprint density at radius 2 is 1.80 bits per heavy atom. The molecule has 2 nitrogen and oxygen atoms in total. The lowest BCUT2D eigenvalue weighted by Crippen LogP contribution is -1.96. The normalized spacial score (nSPS) is 10.8. The summed E-state index contributed by atoms with van der Waals surface area (Å²) in [6.07, 6.45) is 3.02. The van der Waals surface area contributed by atoms with Crippen LogP contribution in [0.25, 0.3) is 0 Å². The van der Waals surface area contributed by atoms with Crippen molar-refractivity contribution in [1.82, 2.24) is 0 Å². The molecule has 0 saturated heterocycles. The molecule has 20 heavy (non-hydrogen) atoms. The number of hydrogen-bond donors (Lipinski definition) is 1. The molecule has 0 unspecified atom stereocenters. The lowest BCUT2D eigenvalue weighted by Gasteiger charge is -2.04. The van der Waals surface area contributed by atoms with Gasteiger partial charge in [-0.2, -0.15) is 0 Å². The predicted molar refractivity (Wildman–Crippen MR) is 84.7 cm³/mol. The average molecular weight is 306 g/mol. The van der Waals surface area contributed by atoms with Crippen molar-refractivity contribution in [2.75, 3.05) is 5.32 Å². The predicted octanol–water partition coefficient (Wildman–Crippen LogP) is 5.11. The van der Waals surface area contributed by atoms with E-state index in [0.29, 0.717) is 21.3 Å². The van der Waals surface area contributed by atoms with E-state index < -0.39 is 0 Å². The summed E-state index contributed by atoms with van der Waals surface area (Å²) in [4.78, 5) is 11.9. The number of anilines is 1. The van der Waals surface area contributed by atoms with Gasteiger partial charge in [-0.05, 0) is 25.1 Å². The Labute approximate surface area is 128 Å². The van der Waals surface area contributed by atoms with Gasteiger partial charge in [0.15, 0.2) is 5.78 Å². The van der Waals surface area contributed by atoms with Gasteiger partial charge in [0.2, 0.25) is 0 Å². The first-order valence-corrected chi connectivity index (χ1v) is 6.81. The van der Waals surface area contributed by atoms with Gasteiger partial charge in [-0.15, -0.1) is 0 Å². The molecule has 0 aliphatic heterocycles. The van der Waals surface area contributed by atoms with E-state index in [1.165, 1.54) is 6.08 Å². The summed E-state index contributed by atoms with van der Waals surface area (Å²) < 4.78 is 0. The number of ketones is 1. The Bertz CT molecular complexity index is 648. The average Bonchev–Trinajstić information content (AvgIpc) is 2.43. The van der Waals surface area contributed by atoms with Crippen molar-refractivity contribution in [3.63, 3.8) is 0 Å². The van der Waals surface area contributed by atoms with Crippen LogP contribution in [0.15, 0.2) is 54.7 Å². The van der Waals surface area contributed by atoms with Gasteiger partial charge in [0, 0.05) is 22.9 Å². The molecule has 0 aromatic heterocycles. The third kappa shape index (κ3) is 3.86. The molecule has 0 amide bonds. The van der Waals surface area contributed by atoms with E-state index in [1.807, 2.05) is 19.1 Å². The number of carbonyl (C=O) groups is 1. The van der Waals surface area contributed by atoms with Gasteiger partial charge >= 0.3 is 0 Å². The first-order valence-electron chi connectivity index (χ1n) is 6.05. The smallest absolute Gasteiger partial charge is 0.187 e. The van der Waals surface area contributed by atoms with Gasteiger partial charge in [-0.3, -0.25) is 4.79 Å². The SMILES string of the molecule is Cc1ccc(C(=O)/C=C/Nc2cc(Cl)ccc2Cl)cc1.